The maximum absolute atomic E-state index is 11.0. The number of hydrogen-bond acceptors (Lipinski definition) is 4. The topological polar surface area (TPSA) is 75.1 Å². The molecule has 5 nitrogen and oxygen atoms in total. The number of hydrogen-bond donors (Lipinski definition) is 2. The van der Waals surface area contributed by atoms with E-state index in [4.69, 9.17) is 16.7 Å². The van der Waals surface area contributed by atoms with Gasteiger partial charge in [-0.2, -0.15) is 4.98 Å². The number of rotatable bonds is 3. The maximum atomic E-state index is 11.0. The maximum Gasteiger partial charge on any atom is 0.341 e. The Morgan fingerprint density at radius 1 is 1.39 bits per heavy atom. The highest BCUT2D eigenvalue weighted by molar-refractivity contribution is 6.28. The minimum atomic E-state index is -1.11. The minimum absolute atomic E-state index is 0.00363. The van der Waals surface area contributed by atoms with E-state index in [-0.39, 0.29) is 16.7 Å². The van der Waals surface area contributed by atoms with Crippen molar-refractivity contribution in [3.05, 3.63) is 46.9 Å². The predicted octanol–water partition coefficient (Wildman–Crippen LogP) is 2.88. The van der Waals surface area contributed by atoms with Gasteiger partial charge in [0, 0.05) is 11.9 Å². The Hall–Kier alpha value is -2.14. The van der Waals surface area contributed by atoms with Crippen LogP contribution < -0.4 is 5.32 Å². The van der Waals surface area contributed by atoms with Crippen molar-refractivity contribution in [1.29, 1.82) is 0 Å². The Kier molecular flexibility index (Phi) is 3.43. The lowest BCUT2D eigenvalue weighted by molar-refractivity contribution is 0.0697. The van der Waals surface area contributed by atoms with E-state index in [0.29, 0.717) is 0 Å². The Morgan fingerprint density at radius 3 is 2.78 bits per heavy atom. The van der Waals surface area contributed by atoms with Crippen molar-refractivity contribution < 1.29 is 9.90 Å². The SMILES string of the molecule is Cc1ccccc1Nc1nc(Cl)ncc1C(=O)O. The summed E-state index contributed by atoms with van der Waals surface area (Å²) in [6, 6.07) is 7.48. The number of carboxylic acids is 1. The molecule has 0 saturated heterocycles. The van der Waals surface area contributed by atoms with Gasteiger partial charge in [-0.3, -0.25) is 0 Å². The molecule has 2 aromatic rings. The smallest absolute Gasteiger partial charge is 0.341 e. The molecule has 0 spiro atoms. The van der Waals surface area contributed by atoms with E-state index < -0.39 is 5.97 Å². The molecule has 2 N–H and O–H groups in total. The molecule has 6 heteroatoms. The quantitative estimate of drug-likeness (QED) is 0.833. The van der Waals surface area contributed by atoms with Gasteiger partial charge in [0.05, 0.1) is 0 Å². The van der Waals surface area contributed by atoms with Crippen LogP contribution in [0.4, 0.5) is 11.5 Å². The van der Waals surface area contributed by atoms with Crippen LogP contribution >= 0.6 is 11.6 Å². The van der Waals surface area contributed by atoms with E-state index in [2.05, 4.69) is 15.3 Å². The summed E-state index contributed by atoms with van der Waals surface area (Å²) in [5.74, 6) is -0.931. The third kappa shape index (κ3) is 2.57. The molecule has 1 heterocycles. The highest BCUT2D eigenvalue weighted by Crippen LogP contribution is 2.22. The van der Waals surface area contributed by atoms with Crippen LogP contribution in [0.15, 0.2) is 30.5 Å². The van der Waals surface area contributed by atoms with E-state index in [1.165, 1.54) is 6.20 Å². The summed E-state index contributed by atoms with van der Waals surface area (Å²) in [7, 11) is 0. The molecule has 0 atom stereocenters. The first-order valence-electron chi connectivity index (χ1n) is 5.16. The lowest BCUT2D eigenvalue weighted by Crippen LogP contribution is -2.06. The summed E-state index contributed by atoms with van der Waals surface area (Å²) in [6.07, 6.45) is 1.18. The second kappa shape index (κ2) is 5.01. The fourth-order valence-corrected chi connectivity index (χ4v) is 1.59. The molecule has 0 aliphatic carbocycles. The van der Waals surface area contributed by atoms with Crippen LogP contribution in [0.3, 0.4) is 0 Å². The third-order valence-corrected chi connectivity index (χ3v) is 2.57. The van der Waals surface area contributed by atoms with E-state index in [1.54, 1.807) is 0 Å². The van der Waals surface area contributed by atoms with Gasteiger partial charge in [-0.1, -0.05) is 18.2 Å². The monoisotopic (exact) mass is 263 g/mol. The number of aromatic carboxylic acids is 1. The fraction of sp³-hybridized carbons (Fsp3) is 0.0833. The van der Waals surface area contributed by atoms with Crippen LogP contribution in [0, 0.1) is 6.92 Å². The normalized spacial score (nSPS) is 10.1. The number of aromatic nitrogens is 2. The van der Waals surface area contributed by atoms with Gasteiger partial charge in [-0.05, 0) is 30.2 Å². The molecule has 0 radical (unpaired) electrons. The summed E-state index contributed by atoms with van der Waals surface area (Å²) in [5.41, 5.74) is 1.72. The third-order valence-electron chi connectivity index (χ3n) is 2.39. The highest BCUT2D eigenvalue weighted by Gasteiger charge is 2.13. The van der Waals surface area contributed by atoms with Crippen LogP contribution in [0.5, 0.6) is 0 Å². The molecule has 1 aromatic heterocycles. The zero-order chi connectivity index (χ0) is 13.1. The number of nitrogens with one attached hydrogen (secondary N) is 1. The highest BCUT2D eigenvalue weighted by atomic mass is 35.5. The molecule has 2 rings (SSSR count). The summed E-state index contributed by atoms with van der Waals surface area (Å²) in [4.78, 5) is 18.6. The van der Waals surface area contributed by atoms with Crippen LogP contribution in [-0.2, 0) is 0 Å². The van der Waals surface area contributed by atoms with E-state index >= 15 is 0 Å². The zero-order valence-electron chi connectivity index (χ0n) is 9.51. The van der Waals surface area contributed by atoms with Crippen molar-refractivity contribution >= 4 is 29.1 Å². The number of benzene rings is 1. The molecule has 0 amide bonds. The van der Waals surface area contributed by atoms with Crippen molar-refractivity contribution in [2.75, 3.05) is 5.32 Å². The van der Waals surface area contributed by atoms with Gasteiger partial charge in [0.25, 0.3) is 0 Å². The number of anilines is 2. The summed E-state index contributed by atoms with van der Waals surface area (Å²) < 4.78 is 0. The van der Waals surface area contributed by atoms with E-state index in [0.717, 1.165) is 11.3 Å². The van der Waals surface area contributed by atoms with Gasteiger partial charge < -0.3 is 10.4 Å². The standard InChI is InChI=1S/C12H10ClN3O2/c1-7-4-2-3-5-9(7)15-10-8(11(17)18)6-14-12(13)16-10/h2-6H,1H3,(H,17,18)(H,14,15,16). The predicted molar refractivity (Wildman–Crippen MR) is 68.5 cm³/mol. The largest absolute Gasteiger partial charge is 0.477 e. The van der Waals surface area contributed by atoms with Gasteiger partial charge in [0.2, 0.25) is 5.28 Å². The lowest BCUT2D eigenvalue weighted by atomic mass is 10.2. The molecule has 0 aliphatic rings. The molecule has 0 saturated carbocycles. The second-order valence-electron chi connectivity index (χ2n) is 3.65. The summed E-state index contributed by atoms with van der Waals surface area (Å²) in [6.45, 7) is 1.91. The fourth-order valence-electron chi connectivity index (χ4n) is 1.45. The zero-order valence-corrected chi connectivity index (χ0v) is 10.3. The van der Waals surface area contributed by atoms with Crippen LogP contribution in [0.25, 0.3) is 0 Å². The number of carboxylic acid groups (broad SMARTS) is 1. The minimum Gasteiger partial charge on any atom is -0.477 e. The van der Waals surface area contributed by atoms with Gasteiger partial charge in [-0.15, -0.1) is 0 Å². The van der Waals surface area contributed by atoms with Crippen molar-refractivity contribution in [3.63, 3.8) is 0 Å². The van der Waals surface area contributed by atoms with Crippen molar-refractivity contribution in [2.24, 2.45) is 0 Å². The number of halogens is 1. The van der Waals surface area contributed by atoms with Crippen molar-refractivity contribution in [2.45, 2.75) is 6.92 Å². The molecule has 0 fully saturated rings. The molecular formula is C12H10ClN3O2. The molecule has 0 aliphatic heterocycles. The van der Waals surface area contributed by atoms with Crippen LogP contribution in [0.2, 0.25) is 5.28 Å². The van der Waals surface area contributed by atoms with Crippen molar-refractivity contribution in [1.82, 2.24) is 9.97 Å². The Labute approximate surface area is 108 Å². The first kappa shape index (κ1) is 12.3. The number of para-hydroxylation sites is 1. The Morgan fingerprint density at radius 2 is 2.11 bits per heavy atom. The number of nitrogens with zero attached hydrogens (tertiary/aromatic N) is 2. The number of aryl methyl sites for hydroxylation is 1. The van der Waals surface area contributed by atoms with Gasteiger partial charge in [-0.25, -0.2) is 9.78 Å². The van der Waals surface area contributed by atoms with Gasteiger partial charge in [0.15, 0.2) is 0 Å². The molecule has 1 aromatic carbocycles. The Balaban J connectivity index is 2.42. The second-order valence-corrected chi connectivity index (χ2v) is 3.98. The molecule has 92 valence electrons. The van der Waals surface area contributed by atoms with Crippen LogP contribution in [0.1, 0.15) is 15.9 Å². The lowest BCUT2D eigenvalue weighted by Gasteiger charge is -2.10. The molecule has 0 unspecified atom stereocenters. The van der Waals surface area contributed by atoms with Crippen LogP contribution in [-0.4, -0.2) is 21.0 Å². The van der Waals surface area contributed by atoms with Crippen molar-refractivity contribution in [3.8, 4) is 0 Å². The molecular weight excluding hydrogens is 254 g/mol. The first-order valence-corrected chi connectivity index (χ1v) is 5.54. The molecule has 0 bridgehead atoms. The average Bonchev–Trinajstić information content (AvgIpc) is 2.32. The average molecular weight is 264 g/mol. The Bertz CT molecular complexity index is 602. The molecule has 18 heavy (non-hydrogen) atoms. The van der Waals surface area contributed by atoms with E-state index in [1.807, 2.05) is 31.2 Å². The summed E-state index contributed by atoms with van der Waals surface area (Å²) in [5, 5.41) is 12.0. The summed E-state index contributed by atoms with van der Waals surface area (Å²) >= 11 is 5.67. The van der Waals surface area contributed by atoms with Gasteiger partial charge in [0.1, 0.15) is 11.4 Å². The van der Waals surface area contributed by atoms with Gasteiger partial charge >= 0.3 is 5.97 Å². The first-order chi connectivity index (χ1) is 8.58. The van der Waals surface area contributed by atoms with E-state index in [9.17, 15) is 4.79 Å². The number of carbonyl (C=O) groups is 1.